The predicted molar refractivity (Wildman–Crippen MR) is 62.7 cm³/mol. The van der Waals surface area contributed by atoms with E-state index in [0.717, 1.165) is 4.90 Å². The van der Waals surface area contributed by atoms with Crippen molar-refractivity contribution in [3.05, 3.63) is 30.1 Å². The zero-order valence-corrected chi connectivity index (χ0v) is 9.85. The van der Waals surface area contributed by atoms with Crippen LogP contribution in [0.5, 0.6) is 0 Å². The number of benzene rings is 1. The van der Waals surface area contributed by atoms with E-state index in [9.17, 15) is 14.0 Å². The average molecular weight is 252 g/mol. The predicted octanol–water partition coefficient (Wildman–Crippen LogP) is 1.29. The Morgan fingerprint density at radius 2 is 2.00 bits per heavy atom. The second kappa shape index (κ2) is 5.14. The van der Waals surface area contributed by atoms with Crippen LogP contribution < -0.4 is 10.2 Å². The van der Waals surface area contributed by atoms with E-state index < -0.39 is 17.9 Å². The van der Waals surface area contributed by atoms with E-state index in [1.807, 2.05) is 0 Å². The number of nitrogens with one attached hydrogen (secondary N) is 1. The van der Waals surface area contributed by atoms with Gasteiger partial charge in [0.2, 0.25) is 0 Å². The summed E-state index contributed by atoms with van der Waals surface area (Å²) in [4.78, 5) is 24.7. The van der Waals surface area contributed by atoms with Gasteiger partial charge >= 0.3 is 6.03 Å². The molecule has 5 nitrogen and oxygen atoms in total. The number of amides is 3. The Balaban J connectivity index is 2.16. The summed E-state index contributed by atoms with van der Waals surface area (Å²) in [7, 11) is 1.53. The zero-order chi connectivity index (χ0) is 13.1. The van der Waals surface area contributed by atoms with Crippen LogP contribution >= 0.6 is 0 Å². The summed E-state index contributed by atoms with van der Waals surface area (Å²) in [6.45, 7) is 0.383. The molecule has 18 heavy (non-hydrogen) atoms. The Bertz CT molecular complexity index is 461. The van der Waals surface area contributed by atoms with Crippen LogP contribution in [0.4, 0.5) is 14.9 Å². The Kier molecular flexibility index (Phi) is 3.57. The van der Waals surface area contributed by atoms with Gasteiger partial charge in [-0.2, -0.15) is 0 Å². The van der Waals surface area contributed by atoms with Crippen molar-refractivity contribution in [1.29, 1.82) is 0 Å². The van der Waals surface area contributed by atoms with Gasteiger partial charge in [-0.1, -0.05) is 0 Å². The molecule has 0 spiro atoms. The number of urea groups is 1. The van der Waals surface area contributed by atoms with Gasteiger partial charge in [0.25, 0.3) is 5.91 Å². The Morgan fingerprint density at radius 1 is 1.33 bits per heavy atom. The number of rotatable bonds is 4. The number of halogens is 1. The monoisotopic (exact) mass is 252 g/mol. The van der Waals surface area contributed by atoms with E-state index >= 15 is 0 Å². The van der Waals surface area contributed by atoms with Crippen LogP contribution in [0.15, 0.2) is 24.3 Å². The van der Waals surface area contributed by atoms with Crippen LogP contribution in [-0.4, -0.2) is 31.7 Å². The highest BCUT2D eigenvalue weighted by Crippen LogP contribution is 2.20. The summed E-state index contributed by atoms with van der Waals surface area (Å²) in [6, 6.07) is 4.13. The highest BCUT2D eigenvalue weighted by molar-refractivity contribution is 6.21. The number of anilines is 1. The summed E-state index contributed by atoms with van der Waals surface area (Å²) >= 11 is 0. The summed E-state index contributed by atoms with van der Waals surface area (Å²) in [5.41, 5.74) is 0.360. The number of methoxy groups -OCH3 is 1. The van der Waals surface area contributed by atoms with Crippen LogP contribution in [0.1, 0.15) is 6.42 Å². The number of hydrogen-bond acceptors (Lipinski definition) is 3. The molecule has 0 bridgehead atoms. The molecule has 1 atom stereocenters. The van der Waals surface area contributed by atoms with Crippen LogP contribution in [0.25, 0.3) is 0 Å². The van der Waals surface area contributed by atoms with Gasteiger partial charge in [0.15, 0.2) is 0 Å². The molecule has 3 amide bonds. The van der Waals surface area contributed by atoms with Gasteiger partial charge in [-0.05, 0) is 24.3 Å². The van der Waals surface area contributed by atoms with E-state index in [1.165, 1.54) is 31.4 Å². The first kappa shape index (κ1) is 12.5. The molecular weight excluding hydrogens is 239 g/mol. The lowest BCUT2D eigenvalue weighted by atomic mass is 10.2. The number of imide groups is 1. The fraction of sp³-hybridized carbons (Fsp3) is 0.333. The third kappa shape index (κ3) is 2.33. The lowest BCUT2D eigenvalue weighted by Crippen LogP contribution is -2.31. The number of ether oxygens (including phenoxy) is 1. The van der Waals surface area contributed by atoms with E-state index in [2.05, 4.69) is 5.32 Å². The third-order valence-corrected chi connectivity index (χ3v) is 2.71. The molecule has 2 rings (SSSR count). The third-order valence-electron chi connectivity index (χ3n) is 2.71. The molecule has 1 fully saturated rings. The molecule has 1 saturated heterocycles. The summed E-state index contributed by atoms with van der Waals surface area (Å²) < 4.78 is 17.7. The lowest BCUT2D eigenvalue weighted by molar-refractivity contribution is -0.118. The summed E-state index contributed by atoms with van der Waals surface area (Å²) in [6.07, 6.45) is 0.415. The van der Waals surface area contributed by atoms with Crippen molar-refractivity contribution < 1.29 is 18.7 Å². The molecule has 1 aromatic rings. The maximum absolute atomic E-state index is 12.8. The molecule has 1 aliphatic rings. The van der Waals surface area contributed by atoms with Crippen molar-refractivity contribution in [1.82, 2.24) is 5.32 Å². The maximum atomic E-state index is 12.8. The van der Waals surface area contributed by atoms with Crippen molar-refractivity contribution in [3.63, 3.8) is 0 Å². The van der Waals surface area contributed by atoms with Gasteiger partial charge in [0.1, 0.15) is 11.9 Å². The van der Waals surface area contributed by atoms with Crippen LogP contribution in [0.2, 0.25) is 0 Å². The highest BCUT2D eigenvalue weighted by atomic mass is 19.1. The van der Waals surface area contributed by atoms with E-state index in [0.29, 0.717) is 18.7 Å². The molecule has 1 unspecified atom stereocenters. The van der Waals surface area contributed by atoms with Crippen molar-refractivity contribution in [2.24, 2.45) is 0 Å². The number of hydrogen-bond donors (Lipinski definition) is 1. The molecule has 1 heterocycles. The second-order valence-electron chi connectivity index (χ2n) is 3.93. The fourth-order valence-electron chi connectivity index (χ4n) is 1.80. The molecule has 96 valence electrons. The summed E-state index contributed by atoms with van der Waals surface area (Å²) in [5, 5.41) is 2.57. The first-order chi connectivity index (χ1) is 8.63. The van der Waals surface area contributed by atoms with Gasteiger partial charge < -0.3 is 10.1 Å². The summed E-state index contributed by atoms with van der Waals surface area (Å²) in [5.74, 6) is -0.759. The van der Waals surface area contributed by atoms with Crippen molar-refractivity contribution >= 4 is 17.6 Å². The molecule has 0 saturated carbocycles. The minimum Gasteiger partial charge on any atom is -0.385 e. The highest BCUT2D eigenvalue weighted by Gasteiger charge is 2.38. The molecule has 0 aliphatic carbocycles. The minimum absolute atomic E-state index is 0.344. The minimum atomic E-state index is -0.581. The fourth-order valence-corrected chi connectivity index (χ4v) is 1.80. The molecule has 6 heteroatoms. The van der Waals surface area contributed by atoms with Gasteiger partial charge in [-0.15, -0.1) is 0 Å². The smallest absolute Gasteiger partial charge is 0.329 e. The SMILES string of the molecule is COCCC1NC(=O)N(c2ccc(F)cc2)C1=O. The van der Waals surface area contributed by atoms with Crippen LogP contribution in [-0.2, 0) is 9.53 Å². The van der Waals surface area contributed by atoms with Crippen molar-refractivity contribution in [2.45, 2.75) is 12.5 Å². The van der Waals surface area contributed by atoms with E-state index in [1.54, 1.807) is 0 Å². The maximum Gasteiger partial charge on any atom is 0.329 e. The molecule has 1 N–H and O–H groups in total. The van der Waals surface area contributed by atoms with E-state index in [4.69, 9.17) is 4.74 Å². The first-order valence-electron chi connectivity index (χ1n) is 5.52. The van der Waals surface area contributed by atoms with Crippen molar-refractivity contribution in [3.8, 4) is 0 Å². The van der Waals surface area contributed by atoms with Gasteiger partial charge in [0.05, 0.1) is 5.69 Å². The van der Waals surface area contributed by atoms with Crippen LogP contribution in [0, 0.1) is 5.82 Å². The van der Waals surface area contributed by atoms with Gasteiger partial charge in [0, 0.05) is 20.1 Å². The molecule has 0 aromatic heterocycles. The Hall–Kier alpha value is -1.95. The van der Waals surface area contributed by atoms with E-state index in [-0.39, 0.29) is 5.91 Å². The standard InChI is InChI=1S/C12H13FN2O3/c1-18-7-6-10-11(16)15(12(17)14-10)9-4-2-8(13)3-5-9/h2-5,10H,6-7H2,1H3,(H,14,17). The topological polar surface area (TPSA) is 58.6 Å². The van der Waals surface area contributed by atoms with Gasteiger partial charge in [-0.25, -0.2) is 14.1 Å². The quantitative estimate of drug-likeness (QED) is 0.821. The number of carbonyl (C=O) groups excluding carboxylic acids is 2. The number of carbonyl (C=O) groups is 2. The largest absolute Gasteiger partial charge is 0.385 e. The van der Waals surface area contributed by atoms with Crippen molar-refractivity contribution in [2.75, 3.05) is 18.6 Å². The first-order valence-corrected chi connectivity index (χ1v) is 5.52. The second-order valence-corrected chi connectivity index (χ2v) is 3.93. The molecule has 1 aliphatic heterocycles. The Morgan fingerprint density at radius 3 is 2.61 bits per heavy atom. The van der Waals surface area contributed by atoms with Crippen LogP contribution in [0.3, 0.4) is 0 Å². The van der Waals surface area contributed by atoms with Gasteiger partial charge in [-0.3, -0.25) is 4.79 Å². The zero-order valence-electron chi connectivity index (χ0n) is 9.85. The number of nitrogens with zero attached hydrogens (tertiary/aromatic N) is 1. The molecule has 0 radical (unpaired) electrons. The molecule has 1 aromatic carbocycles. The Labute approximate surface area is 104 Å². The molecular formula is C12H13FN2O3. The average Bonchev–Trinajstić information content (AvgIpc) is 2.63. The normalized spacial score (nSPS) is 19.2. The lowest BCUT2D eigenvalue weighted by Gasteiger charge is -2.12.